The number of benzene rings is 1. The Labute approximate surface area is 164 Å². The van der Waals surface area contributed by atoms with E-state index in [-0.39, 0.29) is 11.6 Å². The molecule has 0 saturated heterocycles. The first-order valence-corrected chi connectivity index (χ1v) is 9.28. The molecule has 0 spiro atoms. The third-order valence-electron chi connectivity index (χ3n) is 5.78. The average molecular weight is 378 g/mol. The fraction of sp³-hybridized carbons (Fsp3) is 0.429. The number of nitriles is 3. The molecule has 0 bridgehead atoms. The van der Waals surface area contributed by atoms with E-state index in [4.69, 9.17) is 17.0 Å². The molecular formula is C21H20ClN5. The van der Waals surface area contributed by atoms with Crippen LogP contribution >= 0.6 is 11.6 Å². The first-order valence-electron chi connectivity index (χ1n) is 8.90. The fourth-order valence-corrected chi connectivity index (χ4v) is 4.42. The molecule has 0 radical (unpaired) electrons. The van der Waals surface area contributed by atoms with Gasteiger partial charge in [0.1, 0.15) is 5.92 Å². The Morgan fingerprint density at radius 3 is 2.33 bits per heavy atom. The number of halogens is 1. The van der Waals surface area contributed by atoms with Gasteiger partial charge in [0.25, 0.3) is 0 Å². The summed E-state index contributed by atoms with van der Waals surface area (Å²) in [5.74, 6) is -1.53. The molecule has 1 aromatic rings. The average Bonchev–Trinajstić information content (AvgIpc) is 2.67. The molecule has 1 aliphatic carbocycles. The summed E-state index contributed by atoms with van der Waals surface area (Å²) in [5, 5.41) is 38.9. The lowest BCUT2D eigenvalue weighted by molar-refractivity contribution is 0.171. The lowest BCUT2D eigenvalue weighted by Crippen LogP contribution is -2.53. The van der Waals surface area contributed by atoms with E-state index in [1.54, 1.807) is 12.1 Å². The van der Waals surface area contributed by atoms with Gasteiger partial charge >= 0.3 is 0 Å². The highest BCUT2D eigenvalue weighted by Crippen LogP contribution is 2.53. The van der Waals surface area contributed by atoms with Crippen LogP contribution in [0.5, 0.6) is 0 Å². The van der Waals surface area contributed by atoms with E-state index in [9.17, 15) is 15.8 Å². The van der Waals surface area contributed by atoms with Crippen LogP contribution < -0.4 is 0 Å². The molecule has 1 saturated carbocycles. The first-order chi connectivity index (χ1) is 12.9. The van der Waals surface area contributed by atoms with Crippen LogP contribution in [0.3, 0.4) is 0 Å². The second-order valence-electron chi connectivity index (χ2n) is 7.39. The van der Waals surface area contributed by atoms with E-state index in [0.717, 1.165) is 11.1 Å². The largest absolute Gasteiger partial charge is 0.305 e. The van der Waals surface area contributed by atoms with Crippen LogP contribution in [0.4, 0.5) is 0 Å². The number of fused-ring (bicyclic) bond motifs is 1. The third kappa shape index (κ3) is 2.92. The Morgan fingerprint density at radius 2 is 1.81 bits per heavy atom. The Morgan fingerprint density at radius 1 is 1.19 bits per heavy atom. The monoisotopic (exact) mass is 377 g/mol. The summed E-state index contributed by atoms with van der Waals surface area (Å²) in [7, 11) is 0. The van der Waals surface area contributed by atoms with E-state index in [0.29, 0.717) is 24.2 Å². The zero-order valence-corrected chi connectivity index (χ0v) is 16.0. The number of nitrogens with zero attached hydrogens (tertiary/aromatic N) is 4. The molecule has 1 fully saturated rings. The van der Waals surface area contributed by atoms with Gasteiger partial charge in [-0.2, -0.15) is 15.8 Å². The highest BCUT2D eigenvalue weighted by Gasteiger charge is 2.57. The first kappa shape index (κ1) is 19.1. The van der Waals surface area contributed by atoms with E-state index >= 15 is 0 Å². The molecule has 0 aromatic heterocycles. The van der Waals surface area contributed by atoms with Crippen molar-refractivity contribution in [3.05, 3.63) is 46.5 Å². The molecule has 1 aliphatic heterocycles. The van der Waals surface area contributed by atoms with Gasteiger partial charge < -0.3 is 5.41 Å². The van der Waals surface area contributed by atoms with Crippen molar-refractivity contribution in [2.24, 2.45) is 17.3 Å². The van der Waals surface area contributed by atoms with Crippen molar-refractivity contribution in [3.8, 4) is 18.2 Å². The van der Waals surface area contributed by atoms with Crippen LogP contribution in [-0.4, -0.2) is 29.7 Å². The van der Waals surface area contributed by atoms with Crippen molar-refractivity contribution in [3.63, 3.8) is 0 Å². The lowest BCUT2D eigenvalue weighted by atomic mass is 9.54. The van der Waals surface area contributed by atoms with Gasteiger partial charge in [-0.1, -0.05) is 29.8 Å². The van der Waals surface area contributed by atoms with Crippen molar-refractivity contribution in [1.82, 2.24) is 4.90 Å². The standard InChI is InChI=1S/C21H20ClN5/c1-13(2)27-8-7-16-17(9-23)20(26)21(11-24,12-25)19(18(16)10-27)14-3-5-15(22)6-4-14/h3-7,13,17-19,26H,8,10H2,1-2H3/t17?,18-,19-/m0/s1. The highest BCUT2D eigenvalue weighted by atomic mass is 35.5. The topological polar surface area (TPSA) is 98.5 Å². The molecule has 1 unspecified atom stereocenters. The molecule has 1 N–H and O–H groups in total. The lowest BCUT2D eigenvalue weighted by Gasteiger charge is -2.48. The summed E-state index contributed by atoms with van der Waals surface area (Å²) >= 11 is 6.03. The number of rotatable bonds is 2. The maximum absolute atomic E-state index is 10.00. The molecule has 27 heavy (non-hydrogen) atoms. The van der Waals surface area contributed by atoms with E-state index in [1.807, 2.05) is 18.2 Å². The molecule has 1 aromatic carbocycles. The molecule has 136 valence electrons. The van der Waals surface area contributed by atoms with Gasteiger partial charge in [-0.15, -0.1) is 0 Å². The summed E-state index contributed by atoms with van der Waals surface area (Å²) in [6.07, 6.45) is 2.01. The predicted molar refractivity (Wildman–Crippen MR) is 103 cm³/mol. The molecular weight excluding hydrogens is 358 g/mol. The minimum atomic E-state index is -1.67. The zero-order chi connectivity index (χ0) is 19.8. The summed E-state index contributed by atoms with van der Waals surface area (Å²) in [6, 6.07) is 13.8. The molecule has 1 heterocycles. The van der Waals surface area contributed by atoms with Crippen LogP contribution in [0.25, 0.3) is 0 Å². The van der Waals surface area contributed by atoms with E-state index in [2.05, 4.69) is 37.0 Å². The van der Waals surface area contributed by atoms with Gasteiger partial charge in [-0.3, -0.25) is 4.90 Å². The second-order valence-corrected chi connectivity index (χ2v) is 7.83. The molecule has 6 heteroatoms. The quantitative estimate of drug-likeness (QED) is 0.790. The van der Waals surface area contributed by atoms with Gasteiger partial charge in [-0.05, 0) is 37.1 Å². The van der Waals surface area contributed by atoms with Crippen LogP contribution in [-0.2, 0) is 0 Å². The number of nitrogens with one attached hydrogen (secondary N) is 1. The van der Waals surface area contributed by atoms with Crippen molar-refractivity contribution >= 4 is 17.3 Å². The van der Waals surface area contributed by atoms with Crippen LogP contribution in [0.1, 0.15) is 25.3 Å². The summed E-state index contributed by atoms with van der Waals surface area (Å²) in [6.45, 7) is 5.55. The Balaban J connectivity index is 2.23. The van der Waals surface area contributed by atoms with Crippen molar-refractivity contribution in [2.45, 2.75) is 25.8 Å². The maximum Gasteiger partial charge on any atom is 0.189 e. The normalized spacial score (nSPS) is 27.1. The molecule has 3 atom stereocenters. The summed E-state index contributed by atoms with van der Waals surface area (Å²) < 4.78 is 0. The zero-order valence-electron chi connectivity index (χ0n) is 15.3. The second kappa shape index (κ2) is 7.16. The van der Waals surface area contributed by atoms with Crippen LogP contribution in [0.15, 0.2) is 35.9 Å². The predicted octanol–water partition coefficient (Wildman–Crippen LogP) is 3.90. The van der Waals surface area contributed by atoms with E-state index < -0.39 is 17.3 Å². The number of hydrogen-bond acceptors (Lipinski definition) is 5. The van der Waals surface area contributed by atoms with Gasteiger partial charge in [0.15, 0.2) is 5.41 Å². The van der Waals surface area contributed by atoms with E-state index in [1.165, 1.54) is 0 Å². The van der Waals surface area contributed by atoms with Crippen LogP contribution in [0.2, 0.25) is 5.02 Å². The molecule has 0 amide bonds. The Bertz CT molecular complexity index is 896. The van der Waals surface area contributed by atoms with Crippen molar-refractivity contribution in [2.75, 3.05) is 13.1 Å². The minimum Gasteiger partial charge on any atom is -0.305 e. The fourth-order valence-electron chi connectivity index (χ4n) is 4.30. The molecule has 2 aliphatic rings. The van der Waals surface area contributed by atoms with Crippen molar-refractivity contribution < 1.29 is 0 Å². The Hall–Kier alpha value is -2.65. The van der Waals surface area contributed by atoms with Gasteiger partial charge in [0.2, 0.25) is 0 Å². The summed E-state index contributed by atoms with van der Waals surface area (Å²) in [4.78, 5) is 2.26. The highest BCUT2D eigenvalue weighted by molar-refractivity contribution is 6.30. The summed E-state index contributed by atoms with van der Waals surface area (Å²) in [5.41, 5.74) is -0.128. The molecule has 5 nitrogen and oxygen atoms in total. The smallest absolute Gasteiger partial charge is 0.189 e. The van der Waals surface area contributed by atoms with Crippen LogP contribution in [0, 0.1) is 56.7 Å². The maximum atomic E-state index is 10.00. The van der Waals surface area contributed by atoms with Gasteiger partial charge in [0, 0.05) is 36.0 Å². The third-order valence-corrected chi connectivity index (χ3v) is 6.03. The molecule has 3 rings (SSSR count). The Kier molecular flexibility index (Phi) is 5.07. The minimum absolute atomic E-state index is 0.115. The van der Waals surface area contributed by atoms with Gasteiger partial charge in [0.05, 0.1) is 23.9 Å². The van der Waals surface area contributed by atoms with Gasteiger partial charge in [-0.25, -0.2) is 0 Å². The SMILES string of the molecule is CC(C)N1CC=C2C(C#N)C(=N)C(C#N)(C#N)[C@@H](c3ccc(Cl)cc3)[C@H]2C1. The number of hydrogen-bond donors (Lipinski definition) is 1. The van der Waals surface area contributed by atoms with Crippen molar-refractivity contribution in [1.29, 1.82) is 21.2 Å².